The van der Waals surface area contributed by atoms with Crippen LogP contribution in [-0.2, 0) is 0 Å². The summed E-state index contributed by atoms with van der Waals surface area (Å²) in [6.45, 7) is 0. The number of furan rings is 1. The molecule has 3 aromatic heterocycles. The molecule has 0 saturated carbocycles. The van der Waals surface area contributed by atoms with Gasteiger partial charge in [-0.1, -0.05) is 164 Å². The van der Waals surface area contributed by atoms with Crippen LogP contribution < -0.4 is 0 Å². The van der Waals surface area contributed by atoms with E-state index in [2.05, 4.69) is 194 Å². The van der Waals surface area contributed by atoms with E-state index in [-0.39, 0.29) is 0 Å². The number of hydrogen-bond acceptors (Lipinski definition) is 4. The van der Waals surface area contributed by atoms with E-state index in [1.807, 2.05) is 35.6 Å². The van der Waals surface area contributed by atoms with Gasteiger partial charge in [-0.3, -0.25) is 0 Å². The smallest absolute Gasteiger partial charge is 0.160 e. The zero-order valence-electron chi connectivity index (χ0n) is 33.5. The second-order valence-corrected chi connectivity index (χ2v) is 16.8. The van der Waals surface area contributed by atoms with Crippen LogP contribution in [0.1, 0.15) is 0 Å². The van der Waals surface area contributed by atoms with Gasteiger partial charge in [0.25, 0.3) is 0 Å². The molecule has 0 amide bonds. The highest BCUT2D eigenvalue weighted by atomic mass is 32.1. The van der Waals surface area contributed by atoms with E-state index in [0.717, 1.165) is 94.5 Å². The van der Waals surface area contributed by atoms with Crippen molar-refractivity contribution in [2.24, 2.45) is 0 Å². The SMILES string of the molecule is c1ccc(-c2cc(-c3ccccc3)cc(-c3cc(-c4ccc(-c5ccc(-c6ccc7sc8ccccc8c7c6)c6oc7ccccc7c56)cc4)nc(-c4ccccc4)n3)c2)cc1. The predicted molar refractivity (Wildman–Crippen MR) is 260 cm³/mol. The molecule has 290 valence electrons. The minimum absolute atomic E-state index is 0.685. The number of nitrogens with zero attached hydrogens (tertiary/aromatic N) is 2. The Hall–Kier alpha value is -7.92. The number of fused-ring (bicyclic) bond motifs is 6. The Morgan fingerprint density at radius 2 is 0.855 bits per heavy atom. The van der Waals surface area contributed by atoms with Crippen LogP contribution in [0.2, 0.25) is 0 Å². The number of hydrogen-bond donors (Lipinski definition) is 0. The molecule has 0 unspecified atom stereocenters. The second kappa shape index (κ2) is 15.0. The fourth-order valence-corrected chi connectivity index (χ4v) is 9.93. The van der Waals surface area contributed by atoms with Crippen LogP contribution in [0.5, 0.6) is 0 Å². The van der Waals surface area contributed by atoms with Gasteiger partial charge >= 0.3 is 0 Å². The first kappa shape index (κ1) is 36.0. The van der Waals surface area contributed by atoms with Gasteiger partial charge in [0, 0.05) is 53.2 Å². The molecular weight excluding hydrogens is 773 g/mol. The maximum absolute atomic E-state index is 6.74. The molecule has 12 rings (SSSR count). The van der Waals surface area contributed by atoms with Gasteiger partial charge in [0.15, 0.2) is 5.82 Å². The first-order valence-corrected chi connectivity index (χ1v) is 21.7. The molecule has 0 N–H and O–H groups in total. The lowest BCUT2D eigenvalue weighted by atomic mass is 9.93. The molecule has 4 heteroatoms. The molecule has 3 heterocycles. The van der Waals surface area contributed by atoms with Gasteiger partial charge in [-0.15, -0.1) is 11.3 Å². The summed E-state index contributed by atoms with van der Waals surface area (Å²) < 4.78 is 9.33. The largest absolute Gasteiger partial charge is 0.455 e. The number of rotatable bonds is 7. The summed E-state index contributed by atoms with van der Waals surface area (Å²) in [4.78, 5) is 10.4. The zero-order chi connectivity index (χ0) is 41.0. The highest BCUT2D eigenvalue weighted by Crippen LogP contribution is 2.44. The third kappa shape index (κ3) is 6.37. The number of aromatic nitrogens is 2. The molecule has 12 aromatic rings. The van der Waals surface area contributed by atoms with Crippen LogP contribution in [0, 0.1) is 0 Å². The van der Waals surface area contributed by atoms with Crippen molar-refractivity contribution in [2.75, 3.05) is 0 Å². The predicted octanol–water partition coefficient (Wildman–Crippen LogP) is 16.4. The van der Waals surface area contributed by atoms with Crippen LogP contribution >= 0.6 is 11.3 Å². The van der Waals surface area contributed by atoms with Crippen molar-refractivity contribution in [3.63, 3.8) is 0 Å². The quantitative estimate of drug-likeness (QED) is 0.161. The molecule has 0 radical (unpaired) electrons. The summed E-state index contributed by atoms with van der Waals surface area (Å²) in [6.07, 6.45) is 0. The highest BCUT2D eigenvalue weighted by Gasteiger charge is 2.19. The summed E-state index contributed by atoms with van der Waals surface area (Å²) in [5.74, 6) is 0.685. The van der Waals surface area contributed by atoms with Gasteiger partial charge < -0.3 is 4.42 Å². The molecule has 62 heavy (non-hydrogen) atoms. The van der Waals surface area contributed by atoms with Crippen LogP contribution in [0.15, 0.2) is 223 Å². The van der Waals surface area contributed by atoms with Crippen molar-refractivity contribution >= 4 is 53.4 Å². The standard InChI is InChI=1S/C58H36N2OS/c1-4-14-37(15-5-1)43-32-44(38-16-6-2-7-17-38)34-45(33-43)52-36-51(59-58(60-52)41-18-8-3-9-19-41)40-26-24-39(25-27-40)46-29-30-47(57-56(46)49-21-10-12-22-53(49)61-57)42-28-31-55-50(35-42)48-20-11-13-23-54(48)62-55/h1-36H. The summed E-state index contributed by atoms with van der Waals surface area (Å²) in [5.41, 5.74) is 15.6. The average Bonchev–Trinajstić information content (AvgIpc) is 3.93. The van der Waals surface area contributed by atoms with E-state index in [1.165, 1.54) is 20.2 Å². The van der Waals surface area contributed by atoms with Crippen molar-refractivity contribution in [1.82, 2.24) is 9.97 Å². The third-order valence-electron chi connectivity index (χ3n) is 11.9. The Balaban J connectivity index is 0.982. The van der Waals surface area contributed by atoms with Gasteiger partial charge in [0.1, 0.15) is 11.2 Å². The monoisotopic (exact) mass is 808 g/mol. The third-order valence-corrected chi connectivity index (χ3v) is 13.1. The lowest BCUT2D eigenvalue weighted by Crippen LogP contribution is -1.96. The van der Waals surface area contributed by atoms with Gasteiger partial charge in [-0.05, 0) is 93.5 Å². The molecule has 9 aromatic carbocycles. The Morgan fingerprint density at radius 3 is 1.56 bits per heavy atom. The molecule has 0 atom stereocenters. The first-order valence-electron chi connectivity index (χ1n) is 20.9. The molecule has 0 aliphatic carbocycles. The van der Waals surface area contributed by atoms with Crippen LogP contribution in [0.4, 0.5) is 0 Å². The second-order valence-electron chi connectivity index (χ2n) is 15.7. The maximum atomic E-state index is 6.74. The van der Waals surface area contributed by atoms with Gasteiger partial charge in [0.05, 0.1) is 11.4 Å². The number of benzene rings is 9. The first-order chi connectivity index (χ1) is 30.7. The normalized spacial score (nSPS) is 11.5. The fraction of sp³-hybridized carbons (Fsp3) is 0. The molecule has 0 bridgehead atoms. The zero-order valence-corrected chi connectivity index (χ0v) is 34.3. The molecular formula is C58H36N2OS. The van der Waals surface area contributed by atoms with Gasteiger partial charge in [-0.25, -0.2) is 9.97 Å². The van der Waals surface area contributed by atoms with Gasteiger partial charge in [0.2, 0.25) is 0 Å². The highest BCUT2D eigenvalue weighted by molar-refractivity contribution is 7.25. The summed E-state index contributed by atoms with van der Waals surface area (Å²) in [5, 5.41) is 4.78. The minimum atomic E-state index is 0.685. The van der Waals surface area contributed by atoms with E-state index < -0.39 is 0 Å². The Bertz CT molecular complexity index is 3550. The molecule has 0 spiro atoms. The summed E-state index contributed by atoms with van der Waals surface area (Å²) in [6, 6.07) is 77.4. The van der Waals surface area contributed by atoms with Crippen molar-refractivity contribution in [2.45, 2.75) is 0 Å². The van der Waals surface area contributed by atoms with Crippen LogP contribution in [0.25, 0.3) is 121 Å². The molecule has 0 fully saturated rings. The van der Waals surface area contributed by atoms with Crippen LogP contribution in [0.3, 0.4) is 0 Å². The van der Waals surface area contributed by atoms with Crippen molar-refractivity contribution in [3.05, 3.63) is 218 Å². The fourth-order valence-electron chi connectivity index (χ4n) is 8.84. The lowest BCUT2D eigenvalue weighted by Gasteiger charge is -2.13. The van der Waals surface area contributed by atoms with E-state index in [9.17, 15) is 0 Å². The summed E-state index contributed by atoms with van der Waals surface area (Å²) in [7, 11) is 0. The van der Waals surface area contributed by atoms with E-state index >= 15 is 0 Å². The van der Waals surface area contributed by atoms with E-state index in [0.29, 0.717) is 5.82 Å². The molecule has 0 aliphatic heterocycles. The topological polar surface area (TPSA) is 38.9 Å². The molecule has 3 nitrogen and oxygen atoms in total. The Labute approximate surface area is 362 Å². The average molecular weight is 809 g/mol. The lowest BCUT2D eigenvalue weighted by molar-refractivity contribution is 0.670. The molecule has 0 saturated heterocycles. The van der Waals surface area contributed by atoms with Gasteiger partial charge in [-0.2, -0.15) is 0 Å². The summed E-state index contributed by atoms with van der Waals surface area (Å²) >= 11 is 1.84. The number of thiophene rings is 1. The van der Waals surface area contributed by atoms with Crippen molar-refractivity contribution in [3.8, 4) is 78.4 Å². The molecule has 0 aliphatic rings. The maximum Gasteiger partial charge on any atom is 0.160 e. The van der Waals surface area contributed by atoms with Crippen LogP contribution in [-0.4, -0.2) is 9.97 Å². The minimum Gasteiger partial charge on any atom is -0.455 e. The van der Waals surface area contributed by atoms with Crippen molar-refractivity contribution < 1.29 is 4.42 Å². The van der Waals surface area contributed by atoms with E-state index in [1.54, 1.807) is 0 Å². The van der Waals surface area contributed by atoms with Crippen molar-refractivity contribution in [1.29, 1.82) is 0 Å². The Morgan fingerprint density at radius 1 is 0.323 bits per heavy atom. The van der Waals surface area contributed by atoms with E-state index in [4.69, 9.17) is 14.4 Å². The Kier molecular flexibility index (Phi) is 8.68. The number of para-hydroxylation sites is 1.